The van der Waals surface area contributed by atoms with Crippen molar-refractivity contribution in [2.24, 2.45) is 0 Å². The maximum Gasteiger partial charge on any atom is 0.0656 e. The number of nitrogens with one attached hydrogen (secondary N) is 1. The average molecular weight is 199 g/mol. The lowest BCUT2D eigenvalue weighted by molar-refractivity contribution is 0.897. The highest BCUT2D eigenvalue weighted by molar-refractivity contribution is 6.33. The van der Waals surface area contributed by atoms with Crippen LogP contribution in [0.15, 0.2) is 12.1 Å². The van der Waals surface area contributed by atoms with E-state index in [1.165, 1.54) is 0 Å². The molecule has 1 rings (SSSR count). The van der Waals surface area contributed by atoms with Crippen LogP contribution >= 0.6 is 11.6 Å². The smallest absolute Gasteiger partial charge is 0.0656 e. The van der Waals surface area contributed by atoms with E-state index in [1.54, 1.807) is 0 Å². The third-order valence-corrected chi connectivity index (χ3v) is 2.12. The van der Waals surface area contributed by atoms with Crippen molar-refractivity contribution >= 4 is 23.0 Å². The number of benzene rings is 1. The van der Waals surface area contributed by atoms with Crippen LogP contribution < -0.4 is 11.1 Å². The molecule has 0 spiro atoms. The van der Waals surface area contributed by atoms with Crippen molar-refractivity contribution in [2.45, 2.75) is 26.8 Å². The maximum absolute atomic E-state index is 5.90. The predicted octanol–water partition coefficient (Wildman–Crippen LogP) is 3.05. The first-order valence-corrected chi connectivity index (χ1v) is 4.70. The van der Waals surface area contributed by atoms with Gasteiger partial charge in [0.25, 0.3) is 0 Å². The van der Waals surface area contributed by atoms with Gasteiger partial charge in [-0.25, -0.2) is 0 Å². The van der Waals surface area contributed by atoms with Crippen LogP contribution in [0.2, 0.25) is 5.02 Å². The molecule has 1 aromatic carbocycles. The summed E-state index contributed by atoms with van der Waals surface area (Å²) >= 11 is 5.90. The third kappa shape index (κ3) is 2.52. The minimum Gasteiger partial charge on any atom is -0.398 e. The summed E-state index contributed by atoms with van der Waals surface area (Å²) in [6.45, 7) is 6.19. The molecule has 0 unspecified atom stereocenters. The van der Waals surface area contributed by atoms with E-state index < -0.39 is 0 Å². The number of rotatable bonds is 2. The lowest BCUT2D eigenvalue weighted by Gasteiger charge is -2.13. The molecule has 0 bridgehead atoms. The predicted molar refractivity (Wildman–Crippen MR) is 59.4 cm³/mol. The standard InChI is InChI=1S/C10H15ClN2/c1-6(2)13-10-5-8(11)9(12)4-7(10)3/h4-6,13H,12H2,1-3H3. The molecule has 0 amide bonds. The van der Waals surface area contributed by atoms with Gasteiger partial charge in [0.15, 0.2) is 0 Å². The van der Waals surface area contributed by atoms with Gasteiger partial charge in [-0.05, 0) is 38.5 Å². The van der Waals surface area contributed by atoms with Gasteiger partial charge < -0.3 is 11.1 Å². The van der Waals surface area contributed by atoms with Crippen molar-refractivity contribution in [1.82, 2.24) is 0 Å². The zero-order chi connectivity index (χ0) is 10.0. The van der Waals surface area contributed by atoms with E-state index in [0.29, 0.717) is 16.8 Å². The van der Waals surface area contributed by atoms with Crippen LogP contribution in [0.3, 0.4) is 0 Å². The largest absolute Gasteiger partial charge is 0.398 e. The van der Waals surface area contributed by atoms with Crippen LogP contribution in [-0.2, 0) is 0 Å². The number of aryl methyl sites for hydroxylation is 1. The SMILES string of the molecule is Cc1cc(N)c(Cl)cc1NC(C)C. The lowest BCUT2D eigenvalue weighted by Crippen LogP contribution is -2.10. The lowest BCUT2D eigenvalue weighted by atomic mass is 10.1. The summed E-state index contributed by atoms with van der Waals surface area (Å²) in [5.74, 6) is 0. The van der Waals surface area contributed by atoms with Gasteiger partial charge in [0.05, 0.1) is 10.7 Å². The fraction of sp³-hybridized carbons (Fsp3) is 0.400. The third-order valence-electron chi connectivity index (χ3n) is 1.79. The van der Waals surface area contributed by atoms with Gasteiger partial charge in [-0.3, -0.25) is 0 Å². The Bertz CT molecular complexity index is 308. The minimum atomic E-state index is 0.401. The van der Waals surface area contributed by atoms with Crippen molar-refractivity contribution in [3.8, 4) is 0 Å². The molecule has 72 valence electrons. The summed E-state index contributed by atoms with van der Waals surface area (Å²) in [7, 11) is 0. The first-order chi connectivity index (χ1) is 6.00. The van der Waals surface area contributed by atoms with Crippen molar-refractivity contribution in [1.29, 1.82) is 0 Å². The fourth-order valence-corrected chi connectivity index (χ4v) is 1.33. The number of halogens is 1. The van der Waals surface area contributed by atoms with E-state index in [2.05, 4.69) is 19.2 Å². The average Bonchev–Trinajstić information content (AvgIpc) is 1.99. The Morgan fingerprint density at radius 3 is 2.54 bits per heavy atom. The van der Waals surface area contributed by atoms with E-state index in [0.717, 1.165) is 11.3 Å². The summed E-state index contributed by atoms with van der Waals surface area (Å²) < 4.78 is 0. The highest BCUT2D eigenvalue weighted by Crippen LogP contribution is 2.26. The van der Waals surface area contributed by atoms with Gasteiger partial charge in [0.2, 0.25) is 0 Å². The van der Waals surface area contributed by atoms with E-state index >= 15 is 0 Å². The molecule has 1 aromatic rings. The molecule has 3 heteroatoms. The molecule has 3 N–H and O–H groups in total. The summed E-state index contributed by atoms with van der Waals surface area (Å²) in [6.07, 6.45) is 0. The molecule has 0 radical (unpaired) electrons. The molecule has 0 heterocycles. The van der Waals surface area contributed by atoms with Crippen molar-refractivity contribution in [2.75, 3.05) is 11.1 Å². The molecule has 0 aliphatic rings. The quantitative estimate of drug-likeness (QED) is 0.717. The molecule has 2 nitrogen and oxygen atoms in total. The zero-order valence-electron chi connectivity index (χ0n) is 8.19. The van der Waals surface area contributed by atoms with Crippen LogP contribution in [0.25, 0.3) is 0 Å². The summed E-state index contributed by atoms with van der Waals surface area (Å²) in [5.41, 5.74) is 8.46. The molecule has 0 saturated heterocycles. The number of hydrogen-bond donors (Lipinski definition) is 2. The van der Waals surface area contributed by atoms with Gasteiger partial charge in [-0.2, -0.15) is 0 Å². The van der Waals surface area contributed by atoms with Crippen LogP contribution in [0.5, 0.6) is 0 Å². The van der Waals surface area contributed by atoms with Crippen molar-refractivity contribution in [3.63, 3.8) is 0 Å². The molecule has 0 aliphatic heterocycles. The Hall–Kier alpha value is -0.890. The molecular formula is C10H15ClN2. The number of anilines is 2. The first-order valence-electron chi connectivity index (χ1n) is 4.33. The molecular weight excluding hydrogens is 184 g/mol. The summed E-state index contributed by atoms with van der Waals surface area (Å²) in [5, 5.41) is 3.91. The van der Waals surface area contributed by atoms with Crippen LogP contribution in [0.1, 0.15) is 19.4 Å². The van der Waals surface area contributed by atoms with Crippen LogP contribution in [0, 0.1) is 6.92 Å². The Morgan fingerprint density at radius 2 is 2.00 bits per heavy atom. The Balaban J connectivity index is 3.01. The second-order valence-electron chi connectivity index (χ2n) is 3.49. The van der Waals surface area contributed by atoms with E-state index in [9.17, 15) is 0 Å². The molecule has 0 atom stereocenters. The van der Waals surface area contributed by atoms with E-state index in [1.807, 2.05) is 19.1 Å². The highest BCUT2D eigenvalue weighted by Gasteiger charge is 2.03. The Morgan fingerprint density at radius 1 is 1.38 bits per heavy atom. The molecule has 0 fully saturated rings. The first kappa shape index (κ1) is 10.2. The van der Waals surface area contributed by atoms with Gasteiger partial charge in [0.1, 0.15) is 0 Å². The number of nitrogen functional groups attached to an aromatic ring is 1. The molecule has 0 aliphatic carbocycles. The monoisotopic (exact) mass is 198 g/mol. The maximum atomic E-state index is 5.90. The number of nitrogens with two attached hydrogens (primary N) is 1. The van der Waals surface area contributed by atoms with E-state index in [-0.39, 0.29) is 0 Å². The van der Waals surface area contributed by atoms with Gasteiger partial charge in [-0.1, -0.05) is 11.6 Å². The number of hydrogen-bond acceptors (Lipinski definition) is 2. The van der Waals surface area contributed by atoms with Gasteiger partial charge in [0, 0.05) is 11.7 Å². The normalized spacial score (nSPS) is 10.5. The fourth-order valence-electron chi connectivity index (χ4n) is 1.17. The van der Waals surface area contributed by atoms with Crippen LogP contribution in [-0.4, -0.2) is 6.04 Å². The van der Waals surface area contributed by atoms with E-state index in [4.69, 9.17) is 17.3 Å². The molecule has 0 aromatic heterocycles. The zero-order valence-corrected chi connectivity index (χ0v) is 8.94. The second-order valence-corrected chi connectivity index (χ2v) is 3.89. The van der Waals surface area contributed by atoms with Crippen molar-refractivity contribution in [3.05, 3.63) is 22.7 Å². The second kappa shape index (κ2) is 3.88. The summed E-state index contributed by atoms with van der Waals surface area (Å²) in [6, 6.07) is 4.15. The Kier molecular flexibility index (Phi) is 3.04. The molecule has 13 heavy (non-hydrogen) atoms. The topological polar surface area (TPSA) is 38.0 Å². The van der Waals surface area contributed by atoms with Crippen molar-refractivity contribution < 1.29 is 0 Å². The minimum absolute atomic E-state index is 0.401. The molecule has 0 saturated carbocycles. The van der Waals surface area contributed by atoms with Crippen LogP contribution in [0.4, 0.5) is 11.4 Å². The summed E-state index contributed by atoms with van der Waals surface area (Å²) in [4.78, 5) is 0. The van der Waals surface area contributed by atoms with Gasteiger partial charge >= 0.3 is 0 Å². The Labute approximate surface area is 84.1 Å². The van der Waals surface area contributed by atoms with Gasteiger partial charge in [-0.15, -0.1) is 0 Å². The highest BCUT2D eigenvalue weighted by atomic mass is 35.5.